The first-order valence-corrected chi connectivity index (χ1v) is 12.7. The lowest BCUT2D eigenvalue weighted by atomic mass is 9.54. The summed E-state index contributed by atoms with van der Waals surface area (Å²) in [5.41, 5.74) is 5.27. The SMILES string of the molecule is CCC(C=C[C@@H](C)[C@H]1CC[C@H]2C3=CC=C4C[C@@H](O)CC[C@]4(C)C3=CC[C@]12C)C(C)C. The van der Waals surface area contributed by atoms with Gasteiger partial charge in [0.1, 0.15) is 0 Å². The number of allylic oxidation sites excluding steroid dienone is 7. The van der Waals surface area contributed by atoms with Crippen molar-refractivity contribution >= 4 is 0 Å². The Morgan fingerprint density at radius 2 is 1.87 bits per heavy atom. The van der Waals surface area contributed by atoms with Crippen LogP contribution < -0.4 is 0 Å². The van der Waals surface area contributed by atoms with Crippen LogP contribution in [-0.2, 0) is 0 Å². The van der Waals surface area contributed by atoms with Crippen LogP contribution >= 0.6 is 0 Å². The van der Waals surface area contributed by atoms with E-state index in [2.05, 4.69) is 71.9 Å². The molecule has 1 nitrogen and oxygen atoms in total. The van der Waals surface area contributed by atoms with Crippen molar-refractivity contribution in [1.82, 2.24) is 0 Å². The van der Waals surface area contributed by atoms with E-state index < -0.39 is 0 Å². The first-order chi connectivity index (χ1) is 14.2. The Balaban J connectivity index is 1.59. The van der Waals surface area contributed by atoms with Crippen molar-refractivity contribution in [3.05, 3.63) is 47.1 Å². The Morgan fingerprint density at radius 1 is 1.10 bits per heavy atom. The van der Waals surface area contributed by atoms with Gasteiger partial charge in [0.15, 0.2) is 0 Å². The van der Waals surface area contributed by atoms with Gasteiger partial charge in [-0.3, -0.25) is 0 Å². The van der Waals surface area contributed by atoms with E-state index in [4.69, 9.17) is 0 Å². The van der Waals surface area contributed by atoms with Crippen LogP contribution in [0.5, 0.6) is 0 Å². The van der Waals surface area contributed by atoms with Gasteiger partial charge >= 0.3 is 0 Å². The lowest BCUT2D eigenvalue weighted by molar-refractivity contribution is 0.113. The number of hydrogen-bond acceptors (Lipinski definition) is 1. The molecular weight excluding hydrogens is 364 g/mol. The average Bonchev–Trinajstić information content (AvgIpc) is 3.06. The maximum absolute atomic E-state index is 10.2. The first kappa shape index (κ1) is 22.1. The second-order valence-corrected chi connectivity index (χ2v) is 11.7. The maximum atomic E-state index is 10.2. The zero-order valence-electron chi connectivity index (χ0n) is 20.2. The van der Waals surface area contributed by atoms with Crippen molar-refractivity contribution in [3.63, 3.8) is 0 Å². The Bertz CT molecular complexity index is 780. The summed E-state index contributed by atoms with van der Waals surface area (Å²) in [5.74, 6) is 3.56. The number of hydrogen-bond donors (Lipinski definition) is 1. The number of aliphatic hydroxyl groups is 1. The van der Waals surface area contributed by atoms with E-state index >= 15 is 0 Å². The molecule has 0 heterocycles. The largest absolute Gasteiger partial charge is 0.393 e. The van der Waals surface area contributed by atoms with Crippen molar-refractivity contribution in [2.75, 3.05) is 0 Å². The molecule has 0 aliphatic heterocycles. The molecule has 1 N–H and O–H groups in total. The molecule has 2 fully saturated rings. The quantitative estimate of drug-likeness (QED) is 0.463. The second kappa shape index (κ2) is 8.12. The van der Waals surface area contributed by atoms with Crippen molar-refractivity contribution in [2.24, 2.45) is 40.4 Å². The molecule has 0 aromatic heterocycles. The minimum absolute atomic E-state index is 0.144. The zero-order chi connectivity index (χ0) is 21.7. The molecule has 2 saturated carbocycles. The third-order valence-electron chi connectivity index (χ3n) is 9.67. The molecule has 166 valence electrons. The molecule has 0 spiro atoms. The van der Waals surface area contributed by atoms with Crippen LogP contribution in [0.2, 0.25) is 0 Å². The number of rotatable bonds is 5. The molecule has 4 aliphatic rings. The van der Waals surface area contributed by atoms with E-state index in [-0.39, 0.29) is 11.5 Å². The fourth-order valence-corrected chi connectivity index (χ4v) is 7.54. The summed E-state index contributed by atoms with van der Waals surface area (Å²) < 4.78 is 0. The van der Waals surface area contributed by atoms with Crippen LogP contribution in [0.25, 0.3) is 0 Å². The van der Waals surface area contributed by atoms with Crippen LogP contribution in [0.1, 0.15) is 86.5 Å². The van der Waals surface area contributed by atoms with Gasteiger partial charge in [-0.2, -0.15) is 0 Å². The molecule has 1 unspecified atom stereocenters. The Hall–Kier alpha value is -1.08. The number of aliphatic hydroxyl groups excluding tert-OH is 1. The van der Waals surface area contributed by atoms with Gasteiger partial charge in [0.25, 0.3) is 0 Å². The summed E-state index contributed by atoms with van der Waals surface area (Å²) >= 11 is 0. The summed E-state index contributed by atoms with van der Waals surface area (Å²) in [6.07, 6.45) is 20.4. The van der Waals surface area contributed by atoms with Crippen molar-refractivity contribution in [1.29, 1.82) is 0 Å². The average molecular weight is 409 g/mol. The van der Waals surface area contributed by atoms with E-state index in [1.165, 1.54) is 31.3 Å². The van der Waals surface area contributed by atoms with Crippen molar-refractivity contribution in [2.45, 2.75) is 92.6 Å². The smallest absolute Gasteiger partial charge is 0.0578 e. The highest BCUT2D eigenvalue weighted by atomic mass is 16.3. The standard InChI is InChI=1S/C29H44O/c1-7-21(19(2)3)9-8-20(4)25-12-13-26-24-11-10-22-18-23(30)14-16-28(22,5)27(24)15-17-29(25,26)6/h8-11,15,19-21,23,25-26,30H,7,12-14,16-18H2,1-6H3/t20-,21?,23+,25-,26+,28+,29-/m1/s1. The molecule has 0 amide bonds. The predicted molar refractivity (Wildman–Crippen MR) is 128 cm³/mol. The molecule has 4 rings (SSSR count). The Kier molecular flexibility index (Phi) is 5.99. The molecule has 0 aromatic rings. The lowest BCUT2D eigenvalue weighted by Gasteiger charge is -2.50. The highest BCUT2D eigenvalue weighted by molar-refractivity contribution is 5.53. The highest BCUT2D eigenvalue weighted by Gasteiger charge is 2.54. The van der Waals surface area contributed by atoms with Gasteiger partial charge in [0.2, 0.25) is 0 Å². The third-order valence-corrected chi connectivity index (χ3v) is 9.67. The molecule has 30 heavy (non-hydrogen) atoms. The van der Waals surface area contributed by atoms with Crippen molar-refractivity contribution < 1.29 is 5.11 Å². The van der Waals surface area contributed by atoms with Crippen LogP contribution in [0.15, 0.2) is 47.1 Å². The highest BCUT2D eigenvalue weighted by Crippen LogP contribution is 2.63. The Labute approximate surface area is 185 Å². The fraction of sp³-hybridized carbons (Fsp3) is 0.724. The minimum Gasteiger partial charge on any atom is -0.393 e. The van der Waals surface area contributed by atoms with Gasteiger partial charge in [-0.05, 0) is 91.1 Å². The van der Waals surface area contributed by atoms with E-state index in [9.17, 15) is 5.11 Å². The van der Waals surface area contributed by atoms with Crippen LogP contribution in [0.3, 0.4) is 0 Å². The number of fused-ring (bicyclic) bond motifs is 5. The van der Waals surface area contributed by atoms with E-state index in [1.807, 2.05) is 0 Å². The normalized spacial score (nSPS) is 40.3. The molecule has 4 aliphatic carbocycles. The summed E-state index contributed by atoms with van der Waals surface area (Å²) in [4.78, 5) is 0. The minimum atomic E-state index is -0.144. The van der Waals surface area contributed by atoms with Crippen LogP contribution in [-0.4, -0.2) is 11.2 Å². The Morgan fingerprint density at radius 3 is 2.57 bits per heavy atom. The zero-order valence-corrected chi connectivity index (χ0v) is 20.2. The molecule has 0 aromatic carbocycles. The second-order valence-electron chi connectivity index (χ2n) is 11.7. The summed E-state index contributed by atoms with van der Waals surface area (Å²) in [6.45, 7) is 14.5. The monoisotopic (exact) mass is 408 g/mol. The molecule has 0 radical (unpaired) electrons. The summed E-state index contributed by atoms with van der Waals surface area (Å²) in [6, 6.07) is 0. The van der Waals surface area contributed by atoms with E-state index in [0.717, 1.165) is 31.1 Å². The molecular formula is C29H44O. The van der Waals surface area contributed by atoms with Crippen LogP contribution in [0.4, 0.5) is 0 Å². The van der Waals surface area contributed by atoms with Gasteiger partial charge in [-0.15, -0.1) is 0 Å². The lowest BCUT2D eigenvalue weighted by Crippen LogP contribution is -2.41. The van der Waals surface area contributed by atoms with Gasteiger partial charge < -0.3 is 5.11 Å². The first-order valence-electron chi connectivity index (χ1n) is 12.7. The molecule has 1 heteroatoms. The molecule has 0 bridgehead atoms. The predicted octanol–water partition coefficient (Wildman–Crippen LogP) is 7.64. The van der Waals surface area contributed by atoms with Crippen LogP contribution in [0, 0.1) is 40.4 Å². The van der Waals surface area contributed by atoms with E-state index in [0.29, 0.717) is 23.2 Å². The van der Waals surface area contributed by atoms with E-state index in [1.54, 1.807) is 11.1 Å². The van der Waals surface area contributed by atoms with Gasteiger partial charge in [-0.1, -0.05) is 77.5 Å². The van der Waals surface area contributed by atoms with Gasteiger partial charge in [0.05, 0.1) is 6.10 Å². The van der Waals surface area contributed by atoms with Crippen molar-refractivity contribution in [3.8, 4) is 0 Å². The maximum Gasteiger partial charge on any atom is 0.0578 e. The fourth-order valence-electron chi connectivity index (χ4n) is 7.54. The summed E-state index contributed by atoms with van der Waals surface area (Å²) in [5, 5.41) is 10.2. The van der Waals surface area contributed by atoms with Gasteiger partial charge in [-0.25, -0.2) is 0 Å². The summed E-state index contributed by atoms with van der Waals surface area (Å²) in [7, 11) is 0. The molecule has 7 atom stereocenters. The third kappa shape index (κ3) is 3.50. The topological polar surface area (TPSA) is 20.2 Å². The molecule has 0 saturated heterocycles. The van der Waals surface area contributed by atoms with Gasteiger partial charge in [0, 0.05) is 5.41 Å².